The van der Waals surface area contributed by atoms with Crippen molar-refractivity contribution in [3.8, 4) is 5.75 Å². The number of benzene rings is 2. The summed E-state index contributed by atoms with van der Waals surface area (Å²) in [5, 5.41) is 9.65. The van der Waals surface area contributed by atoms with Crippen molar-refractivity contribution >= 4 is 38.6 Å². The van der Waals surface area contributed by atoms with Gasteiger partial charge in [0.15, 0.2) is 5.78 Å². The number of ketones is 1. The summed E-state index contributed by atoms with van der Waals surface area (Å²) in [6, 6.07) is 11.5. The third-order valence-corrected chi connectivity index (χ3v) is 6.07. The first-order valence-electron chi connectivity index (χ1n) is 9.64. The van der Waals surface area contributed by atoms with Crippen LogP contribution in [0.2, 0.25) is 0 Å². The predicted octanol–water partition coefficient (Wildman–Crippen LogP) is 5.43. The molecule has 1 heterocycles. The molecule has 0 saturated heterocycles. The highest BCUT2D eigenvalue weighted by atomic mass is 79.9. The van der Waals surface area contributed by atoms with Crippen molar-refractivity contribution in [3.05, 3.63) is 63.3 Å². The van der Waals surface area contributed by atoms with Crippen LogP contribution in [0.1, 0.15) is 60.3 Å². The Balaban J connectivity index is 1.66. The second-order valence-electron chi connectivity index (χ2n) is 7.93. The van der Waals surface area contributed by atoms with E-state index in [0.29, 0.717) is 30.8 Å². The van der Waals surface area contributed by atoms with E-state index in [1.807, 2.05) is 36.4 Å². The van der Waals surface area contributed by atoms with Gasteiger partial charge in [-0.2, -0.15) is 0 Å². The number of unbranched alkanes of at least 4 members (excludes halogenated alkanes) is 1. The topological polar surface area (TPSA) is 79.4 Å². The number of hydrogen-bond acceptors (Lipinski definition) is 3. The molecule has 4 rings (SSSR count). The van der Waals surface area contributed by atoms with Gasteiger partial charge >= 0.3 is 5.97 Å². The molecule has 0 saturated carbocycles. The van der Waals surface area contributed by atoms with Gasteiger partial charge in [0.2, 0.25) is 0 Å². The van der Waals surface area contributed by atoms with Gasteiger partial charge in [-0.25, -0.2) is 0 Å². The van der Waals surface area contributed by atoms with Gasteiger partial charge in [-0.3, -0.25) is 9.59 Å². The van der Waals surface area contributed by atoms with Gasteiger partial charge in [0, 0.05) is 38.5 Å². The fraction of sp³-hybridized carbons (Fsp3) is 0.304. The third-order valence-electron chi connectivity index (χ3n) is 5.58. The molecule has 6 heteroatoms. The number of hydrogen-bond donors (Lipinski definition) is 2. The van der Waals surface area contributed by atoms with Crippen molar-refractivity contribution < 1.29 is 19.4 Å². The summed E-state index contributed by atoms with van der Waals surface area (Å²) in [6.45, 7) is 4.67. The third kappa shape index (κ3) is 3.46. The number of ether oxygens (including phenoxy) is 1. The Bertz CT molecular complexity index is 1130. The summed E-state index contributed by atoms with van der Waals surface area (Å²) < 4.78 is 6.79. The monoisotopic (exact) mass is 455 g/mol. The lowest BCUT2D eigenvalue weighted by molar-refractivity contribution is -0.137. The van der Waals surface area contributed by atoms with Crippen LogP contribution in [0.3, 0.4) is 0 Å². The highest BCUT2D eigenvalue weighted by Gasteiger charge is 2.39. The number of H-pyrrole nitrogens is 1. The minimum absolute atomic E-state index is 0.0240. The molecule has 0 atom stereocenters. The molecule has 1 aromatic heterocycles. The molecule has 5 nitrogen and oxygen atoms in total. The molecule has 1 aliphatic carbocycles. The van der Waals surface area contributed by atoms with Gasteiger partial charge in [-0.1, -0.05) is 35.8 Å². The molecule has 0 unspecified atom stereocenters. The molecule has 0 aliphatic heterocycles. The lowest BCUT2D eigenvalue weighted by Gasteiger charge is -2.32. The van der Waals surface area contributed by atoms with Crippen LogP contribution in [0.5, 0.6) is 5.75 Å². The van der Waals surface area contributed by atoms with Crippen molar-refractivity contribution in [1.29, 1.82) is 0 Å². The number of aliphatic carboxylic acids is 1. The number of halogens is 1. The van der Waals surface area contributed by atoms with Gasteiger partial charge in [-0.05, 0) is 48.7 Å². The summed E-state index contributed by atoms with van der Waals surface area (Å²) in [5.41, 5.74) is 3.85. The Hall–Kier alpha value is -2.60. The van der Waals surface area contributed by atoms with E-state index < -0.39 is 5.97 Å². The molecule has 29 heavy (non-hydrogen) atoms. The number of fused-ring (bicyclic) bond motifs is 4. The van der Waals surface area contributed by atoms with Gasteiger partial charge in [-0.15, -0.1) is 0 Å². The van der Waals surface area contributed by atoms with Crippen molar-refractivity contribution in [3.63, 3.8) is 0 Å². The number of carboxylic acid groups (broad SMARTS) is 1. The molecule has 1 aliphatic rings. The first kappa shape index (κ1) is 19.7. The van der Waals surface area contributed by atoms with Crippen LogP contribution in [-0.4, -0.2) is 28.4 Å². The molecule has 150 valence electrons. The van der Waals surface area contributed by atoms with Crippen molar-refractivity contribution in [2.75, 3.05) is 6.61 Å². The highest BCUT2D eigenvalue weighted by molar-refractivity contribution is 9.10. The molecule has 0 spiro atoms. The number of carbonyl (C=O) groups is 2. The number of aromatic nitrogens is 1. The zero-order chi connectivity index (χ0) is 20.8. The fourth-order valence-corrected chi connectivity index (χ4v) is 4.40. The van der Waals surface area contributed by atoms with Crippen molar-refractivity contribution in [1.82, 2.24) is 4.98 Å². The Labute approximate surface area is 177 Å². The standard InChI is InChI=1S/C23H22BrNO4/c1-23(2)17-12-14(29-10-4-3-5-19(26)27)7-9-15(17)21(28)20-16-8-6-13(24)11-18(16)25-22(20)23/h6-9,11-12,25H,3-5,10H2,1-2H3,(H,26,27). The largest absolute Gasteiger partial charge is 0.494 e. The Morgan fingerprint density at radius 1 is 1.17 bits per heavy atom. The van der Waals surface area contributed by atoms with Gasteiger partial charge in [0.25, 0.3) is 0 Å². The second-order valence-corrected chi connectivity index (χ2v) is 8.84. The van der Waals surface area contributed by atoms with Gasteiger partial charge in [0.05, 0.1) is 12.2 Å². The fourth-order valence-electron chi connectivity index (χ4n) is 4.04. The van der Waals surface area contributed by atoms with Crippen LogP contribution in [0.15, 0.2) is 40.9 Å². The summed E-state index contributed by atoms with van der Waals surface area (Å²) in [6.07, 6.45) is 1.40. The van der Waals surface area contributed by atoms with Crippen LogP contribution >= 0.6 is 15.9 Å². The molecule has 0 bridgehead atoms. The van der Waals surface area contributed by atoms with Crippen LogP contribution in [0.25, 0.3) is 10.9 Å². The number of carbonyl (C=O) groups excluding carboxylic acids is 1. The van der Waals surface area contributed by atoms with Crippen LogP contribution in [-0.2, 0) is 10.2 Å². The number of carboxylic acids is 1. The maximum absolute atomic E-state index is 13.3. The van der Waals surface area contributed by atoms with Crippen LogP contribution in [0.4, 0.5) is 0 Å². The van der Waals surface area contributed by atoms with Gasteiger partial charge < -0.3 is 14.8 Å². The molecule has 0 amide bonds. The van der Waals surface area contributed by atoms with Crippen molar-refractivity contribution in [2.45, 2.75) is 38.5 Å². The maximum atomic E-state index is 13.3. The molecule has 0 fully saturated rings. The normalized spacial score (nSPS) is 14.5. The maximum Gasteiger partial charge on any atom is 0.303 e. The Kier molecular flexibility index (Phi) is 4.99. The minimum Gasteiger partial charge on any atom is -0.494 e. The summed E-state index contributed by atoms with van der Waals surface area (Å²) in [5.74, 6) is -0.0710. The minimum atomic E-state index is -0.791. The molecule has 3 aromatic rings. The number of aromatic amines is 1. The quantitative estimate of drug-likeness (QED) is 0.485. The van der Waals surface area contributed by atoms with E-state index in [2.05, 4.69) is 34.8 Å². The zero-order valence-electron chi connectivity index (χ0n) is 16.3. The lowest BCUT2D eigenvalue weighted by Crippen LogP contribution is -2.30. The smallest absolute Gasteiger partial charge is 0.303 e. The highest BCUT2D eigenvalue weighted by Crippen LogP contribution is 2.44. The molecular formula is C23H22BrNO4. The van der Waals surface area contributed by atoms with E-state index in [1.54, 1.807) is 0 Å². The van der Waals surface area contributed by atoms with E-state index >= 15 is 0 Å². The summed E-state index contributed by atoms with van der Waals surface area (Å²) in [7, 11) is 0. The molecule has 0 radical (unpaired) electrons. The SMILES string of the molecule is CC1(C)c2cc(OCCCCC(=O)O)ccc2C(=O)c2c1[nH]c1cc(Br)ccc21. The number of rotatable bonds is 6. The van der Waals surface area contributed by atoms with E-state index in [4.69, 9.17) is 9.84 Å². The number of nitrogens with one attached hydrogen (secondary N) is 1. The average Bonchev–Trinajstić information content (AvgIpc) is 3.05. The zero-order valence-corrected chi connectivity index (χ0v) is 17.9. The Morgan fingerprint density at radius 2 is 1.97 bits per heavy atom. The molecule has 2 aromatic carbocycles. The average molecular weight is 456 g/mol. The van der Waals surface area contributed by atoms with Crippen LogP contribution in [0, 0.1) is 0 Å². The molecule has 2 N–H and O–H groups in total. The van der Waals surface area contributed by atoms with Gasteiger partial charge in [0.1, 0.15) is 5.75 Å². The van der Waals surface area contributed by atoms with E-state index in [9.17, 15) is 9.59 Å². The predicted molar refractivity (Wildman–Crippen MR) is 115 cm³/mol. The Morgan fingerprint density at radius 3 is 2.72 bits per heavy atom. The first-order chi connectivity index (χ1) is 13.8. The van der Waals surface area contributed by atoms with Crippen LogP contribution < -0.4 is 4.74 Å². The summed E-state index contributed by atoms with van der Waals surface area (Å²) >= 11 is 3.50. The van der Waals surface area contributed by atoms with E-state index in [1.165, 1.54) is 0 Å². The van der Waals surface area contributed by atoms with Crippen molar-refractivity contribution in [2.24, 2.45) is 0 Å². The summed E-state index contributed by atoms with van der Waals surface area (Å²) in [4.78, 5) is 27.4. The lowest BCUT2D eigenvalue weighted by atomic mass is 9.71. The molecular weight excluding hydrogens is 434 g/mol. The van der Waals surface area contributed by atoms with E-state index in [-0.39, 0.29) is 17.6 Å². The van der Waals surface area contributed by atoms with E-state index in [0.717, 1.165) is 32.2 Å². The second kappa shape index (κ2) is 7.34. The first-order valence-corrected chi connectivity index (χ1v) is 10.4.